The number of hydrogen-bond acceptors (Lipinski definition) is 18. The van der Waals surface area contributed by atoms with Gasteiger partial charge in [-0.05, 0) is 34.0 Å². The number of aromatic amines is 1. The van der Waals surface area contributed by atoms with E-state index in [0.717, 1.165) is 17.1 Å². The fourth-order valence-corrected chi connectivity index (χ4v) is 21.1. The van der Waals surface area contributed by atoms with Gasteiger partial charge in [-0.3, -0.25) is 22.9 Å². The lowest BCUT2D eigenvalue weighted by Crippen LogP contribution is -2.62. The van der Waals surface area contributed by atoms with Crippen molar-refractivity contribution in [3.8, 4) is 0 Å². The van der Waals surface area contributed by atoms with Gasteiger partial charge in [0.05, 0.1) is 32.5 Å². The number of phosphoric ester groups is 1. The van der Waals surface area contributed by atoms with Crippen LogP contribution in [0.1, 0.15) is 67.8 Å². The van der Waals surface area contributed by atoms with Crippen LogP contribution in [0.4, 0.5) is 10.2 Å². The van der Waals surface area contributed by atoms with E-state index in [1.807, 2.05) is 55.4 Å². The third-order valence-electron chi connectivity index (χ3n) is 12.0. The van der Waals surface area contributed by atoms with Gasteiger partial charge in [0.1, 0.15) is 53.4 Å². The number of anilines is 1. The third-order valence-corrected chi connectivity index (χ3v) is 24.3. The maximum atomic E-state index is 15.6. The number of aromatic nitrogens is 7. The molecule has 0 aliphatic carbocycles. The van der Waals surface area contributed by atoms with Crippen LogP contribution in [0.3, 0.4) is 0 Å². The maximum absolute atomic E-state index is 15.6. The van der Waals surface area contributed by atoms with Gasteiger partial charge in [0.25, 0.3) is 5.56 Å². The molecule has 0 amide bonds. The molecule has 8 rings (SSSR count). The molecule has 0 saturated carbocycles. The van der Waals surface area contributed by atoms with Crippen LogP contribution in [-0.4, -0.2) is 122 Å². The Balaban J connectivity index is 1.22. The van der Waals surface area contributed by atoms with E-state index < -0.39 is 110 Å². The number of ether oxygens (including phenoxy) is 3. The number of rotatable bonds is 10. The largest absolute Gasteiger partial charge is 0.472 e. The van der Waals surface area contributed by atoms with Gasteiger partial charge in [0.15, 0.2) is 35.4 Å². The first kappa shape index (κ1) is 46.1. The van der Waals surface area contributed by atoms with Gasteiger partial charge in [-0.2, -0.15) is 0 Å². The van der Waals surface area contributed by atoms with Crippen molar-refractivity contribution < 1.29 is 64.4 Å². The van der Waals surface area contributed by atoms with Crippen molar-refractivity contribution in [2.75, 3.05) is 25.6 Å². The Morgan fingerprint density at radius 3 is 2.35 bits per heavy atom. The van der Waals surface area contributed by atoms with Crippen LogP contribution in [0.5, 0.6) is 0 Å². The zero-order valence-corrected chi connectivity index (χ0v) is 39.7. The molecule has 4 fully saturated rings. The van der Waals surface area contributed by atoms with Crippen LogP contribution >= 0.6 is 14.5 Å². The number of halogens is 1. The molecule has 22 nitrogen and oxygen atoms in total. The van der Waals surface area contributed by atoms with Crippen molar-refractivity contribution in [2.24, 2.45) is 0 Å². The highest BCUT2D eigenvalue weighted by Crippen LogP contribution is 2.59. The van der Waals surface area contributed by atoms with Crippen LogP contribution in [0, 0.1) is 5.82 Å². The lowest BCUT2D eigenvalue weighted by molar-refractivity contribution is -0.184. The Morgan fingerprint density at radius 2 is 1.68 bits per heavy atom. The number of imidazole rings is 1. The molecule has 4 aromatic rings. The summed E-state index contributed by atoms with van der Waals surface area (Å²) in [6.07, 6.45) is -4.63. The molecule has 6 N–H and O–H groups in total. The first-order valence-electron chi connectivity index (χ1n) is 20.1. The molecule has 342 valence electrons. The predicted octanol–water partition coefficient (Wildman–Crippen LogP) is 3.90. The molecule has 4 aromatic heterocycles. The number of hydrogen-bond donors (Lipinski definition) is 5. The molecule has 2 unspecified atom stereocenters. The van der Waals surface area contributed by atoms with E-state index >= 15 is 4.39 Å². The molecule has 4 saturated heterocycles. The Labute approximate surface area is 361 Å². The average molecular weight is 965 g/mol. The standard InChI is InChI=1S/C34H51FN8O14P2SSi2/c1-16(2)61(48,17(3)4)57-62(18(5)6,19(7)8)56-24-21-10-50-59(47,60)55-27-26-33(43-15-41-23-28(36)37-13-39-30(23)43)53-34(27,11-49-26)12-51-58(45,46)54-25(24)32(52-21)42-9-20(35)22-29(42)38-14-40-31(22)44/h9,13-19,21,24-27,32-33,48H,10-12H2,1-8H3,(H,45,46)(H,47,60)(H2,36,37,39)(H,38,40,44)/t21-,24-,25-,26-,27+,32-,33-,34-,59?/m1/s1. The summed E-state index contributed by atoms with van der Waals surface area (Å²) in [6, 6.07) is 0. The molecule has 8 heterocycles. The second-order valence-electron chi connectivity index (χ2n) is 17.2. The molecule has 10 atom stereocenters. The molecule has 4 aliphatic rings. The smallest absolute Gasteiger partial charge is 0.414 e. The van der Waals surface area contributed by atoms with Crippen LogP contribution in [0.25, 0.3) is 22.2 Å². The summed E-state index contributed by atoms with van der Waals surface area (Å²) >= 11 is 5.60. The minimum Gasteiger partial charge on any atom is -0.414 e. The van der Waals surface area contributed by atoms with E-state index in [9.17, 15) is 23.9 Å². The number of H-pyrrole nitrogens is 1. The number of nitrogens with two attached hydrogens (primary N) is 1. The van der Waals surface area contributed by atoms with Gasteiger partial charge in [-0.15, -0.1) is 0 Å². The molecule has 0 aromatic carbocycles. The molecule has 28 heteroatoms. The second kappa shape index (κ2) is 16.4. The minimum atomic E-state index is -5.28. The van der Waals surface area contributed by atoms with Crippen LogP contribution in [0.2, 0.25) is 22.2 Å². The molecular weight excluding hydrogens is 914 g/mol. The number of nitrogen functional groups attached to an aromatic ring is 1. The lowest BCUT2D eigenvalue weighted by atomic mass is 10.0. The fourth-order valence-electron chi connectivity index (χ4n) is 8.78. The summed E-state index contributed by atoms with van der Waals surface area (Å²) in [5.74, 6) is -0.863. The zero-order chi connectivity index (χ0) is 44.9. The number of nitrogens with one attached hydrogen (secondary N) is 1. The van der Waals surface area contributed by atoms with Crippen molar-refractivity contribution >= 4 is 71.5 Å². The lowest BCUT2D eigenvalue weighted by Gasteiger charge is -2.47. The van der Waals surface area contributed by atoms with Gasteiger partial charge in [0, 0.05) is 6.20 Å². The maximum Gasteiger partial charge on any atom is 0.472 e. The van der Waals surface area contributed by atoms with Gasteiger partial charge < -0.3 is 57.1 Å². The highest BCUT2D eigenvalue weighted by atomic mass is 32.5. The Bertz CT molecular complexity index is 2480. The molecule has 4 bridgehead atoms. The Kier molecular flexibility index (Phi) is 12.2. The van der Waals surface area contributed by atoms with E-state index in [4.69, 9.17) is 58.4 Å². The van der Waals surface area contributed by atoms with Crippen molar-refractivity contribution in [1.82, 2.24) is 34.1 Å². The summed E-state index contributed by atoms with van der Waals surface area (Å²) in [4.78, 5) is 67.7. The summed E-state index contributed by atoms with van der Waals surface area (Å²) in [5.41, 5.74) is 2.63. The van der Waals surface area contributed by atoms with Gasteiger partial charge in [-0.25, -0.2) is 28.9 Å². The number of phosphoric acid groups is 1. The molecule has 62 heavy (non-hydrogen) atoms. The number of nitrogens with zero attached hydrogens (tertiary/aromatic N) is 6. The van der Waals surface area contributed by atoms with Crippen molar-refractivity contribution in [1.29, 1.82) is 0 Å². The average Bonchev–Trinajstić information content (AvgIpc) is 4.00. The summed E-state index contributed by atoms with van der Waals surface area (Å²) in [7, 11) is -12.6. The normalized spacial score (nSPS) is 33.5. The van der Waals surface area contributed by atoms with Gasteiger partial charge in [0.2, 0.25) is 0 Å². The van der Waals surface area contributed by atoms with E-state index in [0.29, 0.717) is 0 Å². The van der Waals surface area contributed by atoms with Crippen molar-refractivity contribution in [3.63, 3.8) is 0 Å². The fraction of sp³-hybridized carbons (Fsp3) is 0.676. The first-order valence-corrected chi connectivity index (χ1v) is 28.1. The molecule has 0 radical (unpaired) electrons. The van der Waals surface area contributed by atoms with E-state index in [-0.39, 0.29) is 51.4 Å². The number of fused-ring (bicyclic) bond motifs is 4. The van der Waals surface area contributed by atoms with E-state index in [2.05, 4.69) is 24.9 Å². The minimum absolute atomic E-state index is 0.109. The monoisotopic (exact) mass is 964 g/mol. The Hall–Kier alpha value is -2.47. The van der Waals surface area contributed by atoms with Crippen molar-refractivity contribution in [3.05, 3.63) is 41.3 Å². The SMILES string of the molecule is CC(C)[Si](O)(O[Si](O[C@H]1[C@H]2OP(=O)(O)OC[C@@]34CO[C@@H]([C@H](n5cnc6c(N)ncnc65)O3)[C@@H]4OP(O)(=S)OC[C@H]1O[C@H]2n1cc(F)c2c(=O)[nH]cnc21)(C(C)C)C(C)C)C(C)C. The first-order chi connectivity index (χ1) is 29.0. The molecule has 0 spiro atoms. The predicted molar refractivity (Wildman–Crippen MR) is 225 cm³/mol. The second-order valence-corrected chi connectivity index (χ2v) is 30.0. The molecule has 4 aliphatic heterocycles. The molecular formula is C34H51FN8O14P2SSi2. The quantitative estimate of drug-likeness (QED) is 0.111. The summed E-state index contributed by atoms with van der Waals surface area (Å²) in [6.45, 7) is 9.19. The van der Waals surface area contributed by atoms with Crippen LogP contribution in [-0.2, 0) is 57.2 Å². The van der Waals surface area contributed by atoms with E-state index in [1.165, 1.54) is 17.2 Å². The highest BCUT2D eigenvalue weighted by molar-refractivity contribution is 8.07. The summed E-state index contributed by atoms with van der Waals surface area (Å²) < 4.78 is 90.1. The third kappa shape index (κ3) is 7.80. The van der Waals surface area contributed by atoms with Gasteiger partial charge >= 0.3 is 31.7 Å². The highest BCUT2D eigenvalue weighted by Gasteiger charge is 2.66. The van der Waals surface area contributed by atoms with Crippen LogP contribution < -0.4 is 11.3 Å². The Morgan fingerprint density at radius 1 is 0.968 bits per heavy atom. The van der Waals surface area contributed by atoms with E-state index in [1.54, 1.807) is 0 Å². The zero-order valence-electron chi connectivity index (χ0n) is 35.1. The van der Waals surface area contributed by atoms with Crippen molar-refractivity contribution in [2.45, 2.75) is 126 Å². The topological polar surface area (TPSA) is 281 Å². The van der Waals surface area contributed by atoms with Gasteiger partial charge in [-0.1, -0.05) is 55.4 Å². The summed E-state index contributed by atoms with van der Waals surface area (Å²) in [5, 5.41) is -0.417. The van der Waals surface area contributed by atoms with Crippen LogP contribution in [0.15, 0.2) is 30.0 Å².